The van der Waals surface area contributed by atoms with Crippen LogP contribution in [-0.2, 0) is 10.8 Å². The third-order valence-electron chi connectivity index (χ3n) is 16.9. The molecule has 2 N–H and O–H groups in total. The lowest BCUT2D eigenvalue weighted by molar-refractivity contribution is 0.0940. The minimum atomic E-state index is -1.40. The minimum absolute atomic E-state index is 0.00214. The summed E-state index contributed by atoms with van der Waals surface area (Å²) in [4.78, 5) is 52.3. The molecule has 15 rings (SSSR count). The number of aromatic nitrogens is 2. The summed E-state index contributed by atoms with van der Waals surface area (Å²) >= 11 is 0. The number of carbonyl (C=O) groups is 2. The summed E-state index contributed by atoms with van der Waals surface area (Å²) in [7, 11) is 0. The van der Waals surface area contributed by atoms with Crippen LogP contribution in [0, 0.1) is 41.5 Å². The number of ketones is 2. The number of fused-ring (bicyclic) bond motifs is 16. The Labute approximate surface area is 427 Å². The number of nitrogens with one attached hydrogen (secondary N) is 2. The fourth-order valence-electron chi connectivity index (χ4n) is 14.2. The Morgan fingerprint density at radius 1 is 0.392 bits per heavy atom. The van der Waals surface area contributed by atoms with E-state index < -0.39 is 10.8 Å². The van der Waals surface area contributed by atoms with Gasteiger partial charge in [-0.25, -0.2) is 0 Å². The highest BCUT2D eigenvalue weighted by Gasteiger charge is 2.56. The van der Waals surface area contributed by atoms with Crippen molar-refractivity contribution in [3.8, 4) is 0 Å². The first-order valence-electron chi connectivity index (χ1n) is 25.6. The van der Waals surface area contributed by atoms with Crippen molar-refractivity contribution >= 4 is 77.2 Å². The highest BCUT2D eigenvalue weighted by Crippen LogP contribution is 2.55. The smallest absolute Gasteiger partial charge is 0.186 e. The van der Waals surface area contributed by atoms with Crippen LogP contribution in [0.15, 0.2) is 191 Å². The predicted molar refractivity (Wildman–Crippen MR) is 301 cm³/mol. The van der Waals surface area contributed by atoms with Crippen LogP contribution >= 0.6 is 0 Å². The molecule has 6 nitrogen and oxygen atoms in total. The van der Waals surface area contributed by atoms with Gasteiger partial charge in [0, 0.05) is 45.0 Å². The van der Waals surface area contributed by atoms with Crippen LogP contribution in [0.3, 0.4) is 0 Å². The highest BCUT2D eigenvalue weighted by molar-refractivity contribution is 6.48. The monoisotopic (exact) mass is 952 g/mol. The number of nitrogens with zero attached hydrogens (tertiary/aromatic N) is 2. The number of aryl methyl sites for hydroxylation is 6. The van der Waals surface area contributed by atoms with Gasteiger partial charge < -0.3 is 9.97 Å². The van der Waals surface area contributed by atoms with Gasteiger partial charge in [0.1, 0.15) is 10.8 Å². The average Bonchev–Trinajstić information content (AvgIpc) is 4.37. The lowest BCUT2D eigenvalue weighted by Gasteiger charge is -2.29. The normalized spacial score (nSPS) is 21.3. The van der Waals surface area contributed by atoms with E-state index in [-0.39, 0.29) is 11.6 Å². The second-order valence-electron chi connectivity index (χ2n) is 21.2. The van der Waals surface area contributed by atoms with E-state index in [1.165, 1.54) is 0 Å². The third-order valence-corrected chi connectivity index (χ3v) is 16.9. The van der Waals surface area contributed by atoms with E-state index in [0.717, 1.165) is 138 Å². The zero-order valence-electron chi connectivity index (χ0n) is 41.9. The van der Waals surface area contributed by atoms with Crippen molar-refractivity contribution < 1.29 is 9.59 Å². The second-order valence-corrected chi connectivity index (χ2v) is 21.2. The first kappa shape index (κ1) is 42.7. The molecular formula is C68H48N4O2. The summed E-state index contributed by atoms with van der Waals surface area (Å²) in [6.07, 6.45) is 8.26. The summed E-state index contributed by atoms with van der Waals surface area (Å²) < 4.78 is 0. The standard InChI is InChI=1S/C68H48N4O2/c1-35-29-37(3)57(38(4)30-35)63-49-21-25-53(69-49)67(47-19-11-15-43-33-41-13-7-9-17-45(41)61(59(43)47)65(67)73)55-27-23-51(71-55)64(58-39(5)31-36(2)32-40(58)6)52-24-28-56(72-52)68(54-26-22-50(63)70-54)48-20-12-16-44-34-42-14-8-10-18-46(42)62(60(44)48)66(68)74/h7-34,69,71H,1-6H3/b63-50+,64-52+. The van der Waals surface area contributed by atoms with Gasteiger partial charge >= 0.3 is 0 Å². The van der Waals surface area contributed by atoms with Crippen molar-refractivity contribution in [2.75, 3.05) is 0 Å². The topological polar surface area (TPSA) is 90.4 Å². The molecule has 2 aromatic heterocycles. The molecule has 0 atom stereocenters. The number of aliphatic imine (C=N–C) groups is 2. The summed E-state index contributed by atoms with van der Waals surface area (Å²) in [6, 6.07) is 50.8. The molecule has 0 saturated carbocycles. The van der Waals surface area contributed by atoms with Gasteiger partial charge in [-0.3, -0.25) is 19.6 Å². The lowest BCUT2D eigenvalue weighted by atomic mass is 9.71. The quantitative estimate of drug-likeness (QED) is 0.169. The number of carbonyl (C=O) groups excluding carboxylic acids is 2. The Balaban J connectivity index is 1.10. The molecule has 6 heteroatoms. The van der Waals surface area contributed by atoms with E-state index in [9.17, 15) is 0 Å². The van der Waals surface area contributed by atoms with Crippen LogP contribution in [0.4, 0.5) is 0 Å². The van der Waals surface area contributed by atoms with E-state index >= 15 is 9.59 Å². The number of hydrogen-bond acceptors (Lipinski definition) is 4. The number of H-pyrrole nitrogens is 2. The van der Waals surface area contributed by atoms with Crippen molar-refractivity contribution in [3.63, 3.8) is 0 Å². The van der Waals surface area contributed by atoms with Gasteiger partial charge in [-0.2, -0.15) is 0 Å². The van der Waals surface area contributed by atoms with Crippen LogP contribution in [0.2, 0.25) is 0 Å². The zero-order chi connectivity index (χ0) is 50.1. The number of hydrogen-bond donors (Lipinski definition) is 2. The summed E-state index contributed by atoms with van der Waals surface area (Å²) in [5, 5.41) is 7.79. The Morgan fingerprint density at radius 2 is 0.797 bits per heavy atom. The molecule has 5 heterocycles. The van der Waals surface area contributed by atoms with Crippen LogP contribution in [0.5, 0.6) is 0 Å². The van der Waals surface area contributed by atoms with Gasteiger partial charge in [-0.1, -0.05) is 120 Å². The summed E-state index contributed by atoms with van der Waals surface area (Å²) in [6.45, 7) is 12.9. The van der Waals surface area contributed by atoms with Crippen molar-refractivity contribution in [2.45, 2.75) is 52.4 Å². The summed E-state index contributed by atoms with van der Waals surface area (Å²) in [5.41, 5.74) is 16.8. The number of allylic oxidation sites excluding steroid dienone is 4. The van der Waals surface area contributed by atoms with E-state index in [2.05, 4.69) is 197 Å². The highest BCUT2D eigenvalue weighted by atomic mass is 16.1. The first-order valence-corrected chi connectivity index (χ1v) is 25.6. The molecule has 10 aromatic rings. The maximum absolute atomic E-state index is 16.4. The largest absolute Gasteiger partial charge is 0.357 e. The van der Waals surface area contributed by atoms with E-state index in [0.29, 0.717) is 28.4 Å². The Kier molecular flexibility index (Phi) is 8.53. The summed E-state index contributed by atoms with van der Waals surface area (Å²) in [5.74, 6) is -0.0426. The molecular weight excluding hydrogens is 905 g/mol. The van der Waals surface area contributed by atoms with Gasteiger partial charge in [0.2, 0.25) is 0 Å². The van der Waals surface area contributed by atoms with Crippen LogP contribution in [-0.4, -0.2) is 33.0 Å². The second kappa shape index (κ2) is 14.8. The molecule has 2 spiro atoms. The molecule has 0 radical (unpaired) electrons. The van der Waals surface area contributed by atoms with Gasteiger partial charge in [-0.05, 0) is 190 Å². The Bertz CT molecular complexity index is 4340. The predicted octanol–water partition coefficient (Wildman–Crippen LogP) is 15.0. The third kappa shape index (κ3) is 5.34. The van der Waals surface area contributed by atoms with Gasteiger partial charge in [-0.15, -0.1) is 0 Å². The van der Waals surface area contributed by atoms with Crippen LogP contribution in [0.25, 0.3) is 54.2 Å². The molecule has 0 unspecified atom stereocenters. The fourth-order valence-corrected chi connectivity index (χ4v) is 14.2. The van der Waals surface area contributed by atoms with Gasteiger partial charge in [0.15, 0.2) is 11.6 Å². The minimum Gasteiger partial charge on any atom is -0.357 e. The van der Waals surface area contributed by atoms with Crippen LogP contribution < -0.4 is 0 Å². The Morgan fingerprint density at radius 3 is 1.26 bits per heavy atom. The number of aromatic amines is 2. The SMILES string of the molecule is Cc1cc(C)c(/C2=C3\C=CC(=N3)C3(C(=O)c4c5ccccc5cc5cccc3c45)C3=N/C(=C(/c4c(C)cc(C)cc4C)c4ccc([nH]4)C4(C(=O)c5c6ccccc6cc6cccc4c56)c4ccc2[nH]4)C=C3)c(C)c1. The van der Waals surface area contributed by atoms with Gasteiger partial charge in [0.25, 0.3) is 0 Å². The molecule has 8 bridgehead atoms. The maximum atomic E-state index is 16.4. The molecule has 8 aromatic carbocycles. The molecule has 0 fully saturated rings. The fraction of sp³-hybridized carbons (Fsp3) is 0.118. The van der Waals surface area contributed by atoms with Crippen molar-refractivity contribution in [3.05, 3.63) is 271 Å². The number of rotatable bonds is 2. The van der Waals surface area contributed by atoms with Crippen LogP contribution in [0.1, 0.15) is 99.1 Å². The van der Waals surface area contributed by atoms with E-state index in [1.807, 2.05) is 24.3 Å². The molecule has 2 aliphatic carbocycles. The zero-order valence-corrected chi connectivity index (χ0v) is 41.9. The lowest BCUT2D eigenvalue weighted by Crippen LogP contribution is -2.46. The number of benzene rings is 8. The van der Waals surface area contributed by atoms with E-state index in [4.69, 9.17) is 9.98 Å². The van der Waals surface area contributed by atoms with E-state index in [1.54, 1.807) is 0 Å². The molecule has 74 heavy (non-hydrogen) atoms. The molecule has 0 amide bonds. The van der Waals surface area contributed by atoms with Crippen molar-refractivity contribution in [1.82, 2.24) is 9.97 Å². The molecule has 3 aliphatic heterocycles. The number of Topliss-reactive ketones (excluding diaryl/α,β-unsaturated/α-hetero) is 2. The molecule has 352 valence electrons. The average molecular weight is 953 g/mol. The van der Waals surface area contributed by atoms with Crippen molar-refractivity contribution in [1.29, 1.82) is 0 Å². The van der Waals surface area contributed by atoms with Crippen molar-refractivity contribution in [2.24, 2.45) is 9.98 Å². The Hall–Kier alpha value is -9.00. The van der Waals surface area contributed by atoms with Gasteiger partial charge in [0.05, 0.1) is 22.8 Å². The molecule has 5 aliphatic rings. The molecule has 0 saturated heterocycles. The first-order chi connectivity index (χ1) is 36.0. The maximum Gasteiger partial charge on any atom is 0.186 e.